The minimum Gasteiger partial charge on any atom is -0.487 e. The van der Waals surface area contributed by atoms with Crippen molar-refractivity contribution in [3.05, 3.63) is 107 Å². The molecule has 4 rings (SSSR count). The van der Waals surface area contributed by atoms with Gasteiger partial charge in [-0.25, -0.2) is 19.3 Å². The van der Waals surface area contributed by atoms with Crippen LogP contribution in [0.4, 0.5) is 15.9 Å². The Morgan fingerprint density at radius 3 is 2.77 bits per heavy atom. The molecule has 0 aliphatic rings. The number of carbonyl (C=O) groups is 1. The molecule has 0 spiro atoms. The van der Waals surface area contributed by atoms with Crippen LogP contribution in [0.25, 0.3) is 0 Å². The van der Waals surface area contributed by atoms with E-state index < -0.39 is 5.91 Å². The van der Waals surface area contributed by atoms with E-state index in [2.05, 4.69) is 32.1 Å². The fourth-order valence-electron chi connectivity index (χ4n) is 3.10. The van der Waals surface area contributed by atoms with Gasteiger partial charge < -0.3 is 15.8 Å². The van der Waals surface area contributed by atoms with Crippen LogP contribution in [-0.4, -0.2) is 20.9 Å². The summed E-state index contributed by atoms with van der Waals surface area (Å²) in [5, 5.41) is 3.55. The number of rotatable bonds is 7. The van der Waals surface area contributed by atoms with Gasteiger partial charge in [0.25, 0.3) is 0 Å². The molecule has 35 heavy (non-hydrogen) atoms. The third kappa shape index (κ3) is 6.76. The van der Waals surface area contributed by atoms with Gasteiger partial charge in [-0.3, -0.25) is 4.79 Å². The number of carbonyl (C=O) groups excluding carboxylic acids is 1. The van der Waals surface area contributed by atoms with E-state index in [9.17, 15) is 9.18 Å². The first-order valence-electron chi connectivity index (χ1n) is 10.5. The van der Waals surface area contributed by atoms with Crippen molar-refractivity contribution in [1.82, 2.24) is 15.0 Å². The minimum atomic E-state index is -0.463. The van der Waals surface area contributed by atoms with Crippen LogP contribution in [0.3, 0.4) is 0 Å². The van der Waals surface area contributed by atoms with E-state index in [1.54, 1.807) is 54.7 Å². The summed E-state index contributed by atoms with van der Waals surface area (Å²) < 4.78 is 19.1. The molecule has 0 saturated heterocycles. The van der Waals surface area contributed by atoms with Gasteiger partial charge in [0.15, 0.2) is 0 Å². The molecule has 0 fully saturated rings. The molecule has 0 atom stereocenters. The van der Waals surface area contributed by atoms with Crippen molar-refractivity contribution in [2.45, 2.75) is 13.0 Å². The Bertz CT molecular complexity index is 1430. The topological polar surface area (TPSA) is 103 Å². The Hall–Kier alpha value is -4.48. The molecule has 4 aromatic rings. The van der Waals surface area contributed by atoms with Crippen LogP contribution in [0, 0.1) is 17.7 Å². The van der Waals surface area contributed by atoms with E-state index in [1.165, 1.54) is 18.5 Å². The lowest BCUT2D eigenvalue weighted by atomic mass is 10.2. The average molecular weight is 488 g/mol. The number of hydrogen-bond acceptors (Lipinski definition) is 6. The van der Waals surface area contributed by atoms with Gasteiger partial charge in [0.1, 0.15) is 36.0 Å². The van der Waals surface area contributed by atoms with Crippen LogP contribution < -0.4 is 15.8 Å². The summed E-state index contributed by atoms with van der Waals surface area (Å²) in [6, 6.07) is 16.6. The predicted molar refractivity (Wildman–Crippen MR) is 131 cm³/mol. The SMILES string of the molecule is NC(=O)Cc1cccc(C#Cc2cncnc2Nc2ccc(OCc3cccc(F)c3)c(Cl)c2)n1. The zero-order valence-electron chi connectivity index (χ0n) is 18.3. The summed E-state index contributed by atoms with van der Waals surface area (Å²) in [4.78, 5) is 23.7. The average Bonchev–Trinajstić information content (AvgIpc) is 2.83. The third-order valence-electron chi connectivity index (χ3n) is 4.68. The zero-order chi connectivity index (χ0) is 24.6. The molecule has 0 saturated carbocycles. The molecule has 2 heterocycles. The fraction of sp³-hybridized carbons (Fsp3) is 0.0769. The highest BCUT2D eigenvalue weighted by Crippen LogP contribution is 2.30. The highest BCUT2D eigenvalue weighted by atomic mass is 35.5. The summed E-state index contributed by atoms with van der Waals surface area (Å²) >= 11 is 6.38. The Kier molecular flexibility index (Phi) is 7.50. The third-order valence-corrected chi connectivity index (χ3v) is 4.97. The molecule has 9 heteroatoms. The monoisotopic (exact) mass is 487 g/mol. The number of primary amides is 1. The lowest BCUT2D eigenvalue weighted by molar-refractivity contribution is -0.117. The smallest absolute Gasteiger partial charge is 0.223 e. The number of pyridine rings is 1. The van der Waals surface area contributed by atoms with E-state index in [1.807, 2.05) is 0 Å². The second-order valence-corrected chi connectivity index (χ2v) is 7.79. The molecule has 2 aromatic carbocycles. The van der Waals surface area contributed by atoms with Crippen molar-refractivity contribution < 1.29 is 13.9 Å². The number of benzene rings is 2. The Balaban J connectivity index is 1.48. The molecular formula is C26H19ClFN5O2. The molecule has 0 bridgehead atoms. The van der Waals surface area contributed by atoms with Gasteiger partial charge in [-0.2, -0.15) is 0 Å². The number of nitrogens with one attached hydrogen (secondary N) is 1. The largest absolute Gasteiger partial charge is 0.487 e. The molecule has 174 valence electrons. The first-order chi connectivity index (χ1) is 17.0. The van der Waals surface area contributed by atoms with E-state index in [-0.39, 0.29) is 18.8 Å². The Morgan fingerprint density at radius 1 is 1.11 bits per heavy atom. The molecule has 3 N–H and O–H groups in total. The van der Waals surface area contributed by atoms with Crippen molar-refractivity contribution in [1.29, 1.82) is 0 Å². The first-order valence-corrected chi connectivity index (χ1v) is 10.8. The van der Waals surface area contributed by atoms with Crippen LogP contribution in [0.2, 0.25) is 5.02 Å². The standard InChI is InChI=1S/C26H19ClFN5O2/c27-23-12-22(9-10-24(23)35-15-17-3-1-4-19(28)11-17)33-26-18(14-30-16-31-26)7-8-20-5-2-6-21(32-20)13-25(29)34/h1-6,9-12,14,16H,13,15H2,(H2,29,34)(H,30,31,33). The van der Waals surface area contributed by atoms with E-state index in [0.29, 0.717) is 44.8 Å². The lowest BCUT2D eigenvalue weighted by Gasteiger charge is -2.11. The van der Waals surface area contributed by atoms with E-state index in [4.69, 9.17) is 22.1 Å². The van der Waals surface area contributed by atoms with Crippen LogP contribution in [0.1, 0.15) is 22.5 Å². The normalized spacial score (nSPS) is 10.2. The number of nitrogens with two attached hydrogens (primary N) is 1. The molecule has 1 amide bonds. The summed E-state index contributed by atoms with van der Waals surface area (Å²) in [6.07, 6.45) is 3.02. The zero-order valence-corrected chi connectivity index (χ0v) is 19.1. The maximum atomic E-state index is 13.3. The molecular weight excluding hydrogens is 469 g/mol. The maximum absolute atomic E-state index is 13.3. The minimum absolute atomic E-state index is 0.0411. The Labute approximate surface area is 206 Å². The van der Waals surface area contributed by atoms with Gasteiger partial charge in [0.2, 0.25) is 5.91 Å². The van der Waals surface area contributed by atoms with Crippen LogP contribution in [0.5, 0.6) is 5.75 Å². The number of ether oxygens (including phenoxy) is 1. The molecule has 0 aliphatic carbocycles. The summed E-state index contributed by atoms with van der Waals surface area (Å²) in [5.74, 6) is 6.10. The quantitative estimate of drug-likeness (QED) is 0.374. The molecule has 2 aromatic heterocycles. The van der Waals surface area contributed by atoms with Crippen LogP contribution in [-0.2, 0) is 17.8 Å². The van der Waals surface area contributed by atoms with Crippen molar-refractivity contribution in [2.75, 3.05) is 5.32 Å². The van der Waals surface area contributed by atoms with Gasteiger partial charge in [0, 0.05) is 11.9 Å². The summed E-state index contributed by atoms with van der Waals surface area (Å²) in [6.45, 7) is 0.185. The number of anilines is 2. The van der Waals surface area contributed by atoms with Crippen molar-refractivity contribution in [2.24, 2.45) is 5.73 Å². The highest BCUT2D eigenvalue weighted by molar-refractivity contribution is 6.32. The van der Waals surface area contributed by atoms with Crippen molar-refractivity contribution in [3.63, 3.8) is 0 Å². The summed E-state index contributed by atoms with van der Waals surface area (Å²) in [7, 11) is 0. The molecule has 0 aliphatic heterocycles. The van der Waals surface area contributed by atoms with Crippen LogP contribution >= 0.6 is 11.6 Å². The van der Waals surface area contributed by atoms with Gasteiger partial charge in [-0.15, -0.1) is 0 Å². The lowest BCUT2D eigenvalue weighted by Crippen LogP contribution is -2.14. The van der Waals surface area contributed by atoms with Gasteiger partial charge >= 0.3 is 0 Å². The van der Waals surface area contributed by atoms with E-state index >= 15 is 0 Å². The van der Waals surface area contributed by atoms with Gasteiger partial charge in [-0.05, 0) is 53.9 Å². The summed E-state index contributed by atoms with van der Waals surface area (Å²) in [5.41, 5.74) is 8.16. The first kappa shape index (κ1) is 23.7. The van der Waals surface area contributed by atoms with E-state index in [0.717, 1.165) is 0 Å². The molecule has 7 nitrogen and oxygen atoms in total. The number of aromatic nitrogens is 3. The highest BCUT2D eigenvalue weighted by Gasteiger charge is 2.08. The van der Waals surface area contributed by atoms with Crippen molar-refractivity contribution in [3.8, 4) is 17.6 Å². The maximum Gasteiger partial charge on any atom is 0.223 e. The molecule has 0 radical (unpaired) electrons. The van der Waals surface area contributed by atoms with Gasteiger partial charge in [0.05, 0.1) is 22.7 Å². The number of hydrogen-bond donors (Lipinski definition) is 2. The van der Waals surface area contributed by atoms with Crippen molar-refractivity contribution >= 4 is 29.0 Å². The predicted octanol–water partition coefficient (Wildman–Crippen LogP) is 4.41. The Morgan fingerprint density at radius 2 is 1.97 bits per heavy atom. The second kappa shape index (κ2) is 11.1. The fourth-order valence-corrected chi connectivity index (χ4v) is 3.33. The number of halogens is 2. The van der Waals surface area contributed by atoms with Gasteiger partial charge in [-0.1, -0.05) is 35.7 Å². The number of amides is 1. The molecule has 0 unspecified atom stereocenters. The number of nitrogens with zero attached hydrogens (tertiary/aromatic N) is 3. The second-order valence-electron chi connectivity index (χ2n) is 7.38. The van der Waals surface area contributed by atoms with Crippen LogP contribution in [0.15, 0.2) is 73.2 Å².